The molecular weight excluding hydrogens is 902 g/mol. The van der Waals surface area contributed by atoms with Crippen molar-refractivity contribution in [2.75, 3.05) is 54.1 Å². The number of hydrogen-bond donors (Lipinski definition) is 0. The molecule has 9 heteroatoms. The van der Waals surface area contributed by atoms with Crippen molar-refractivity contribution in [3.63, 3.8) is 0 Å². The van der Waals surface area contributed by atoms with Crippen molar-refractivity contribution in [3.8, 4) is 0 Å². The van der Waals surface area contributed by atoms with Gasteiger partial charge in [-0.15, -0.1) is 0 Å². The van der Waals surface area contributed by atoms with Crippen molar-refractivity contribution in [3.05, 3.63) is 134 Å². The third-order valence-corrected chi connectivity index (χ3v) is 12.2. The van der Waals surface area contributed by atoms with Gasteiger partial charge in [-0.3, -0.25) is 9.36 Å². The molecule has 0 fully saturated rings. The number of esters is 1. The van der Waals surface area contributed by atoms with E-state index in [4.69, 9.17) is 18.5 Å². The Hall–Kier alpha value is -3.36. The van der Waals surface area contributed by atoms with Crippen LogP contribution >= 0.6 is 7.82 Å². The number of hydrogen-bond acceptors (Lipinski definition) is 7. The monoisotopic (exact) mass is 1010 g/mol. The van der Waals surface area contributed by atoms with E-state index in [2.05, 4.69) is 148 Å². The normalized spacial score (nSPS) is 14.5. The predicted molar refractivity (Wildman–Crippen MR) is 304 cm³/mol. The minimum absolute atomic E-state index is 0.0117. The van der Waals surface area contributed by atoms with Crippen molar-refractivity contribution in [1.82, 2.24) is 0 Å². The third kappa shape index (κ3) is 57.4. The number of phosphoric ester groups is 1. The Morgan fingerprint density at radius 3 is 1.15 bits per heavy atom. The zero-order chi connectivity index (χ0) is 51.9. The van der Waals surface area contributed by atoms with Gasteiger partial charge in [-0.25, -0.2) is 0 Å². The van der Waals surface area contributed by atoms with Crippen molar-refractivity contribution in [2.24, 2.45) is 0 Å². The van der Waals surface area contributed by atoms with Crippen LogP contribution in [0, 0.1) is 0 Å². The summed E-state index contributed by atoms with van der Waals surface area (Å²) < 4.78 is 34.8. The molecule has 0 aromatic heterocycles. The molecule has 404 valence electrons. The molecule has 0 aliphatic carbocycles. The van der Waals surface area contributed by atoms with Gasteiger partial charge < -0.3 is 27.9 Å². The maximum Gasteiger partial charge on any atom is 0.306 e. The summed E-state index contributed by atoms with van der Waals surface area (Å²) in [5.41, 5.74) is 0. The number of phosphoric acid groups is 1. The highest BCUT2D eigenvalue weighted by atomic mass is 31.2. The van der Waals surface area contributed by atoms with Gasteiger partial charge >= 0.3 is 5.97 Å². The van der Waals surface area contributed by atoms with Crippen LogP contribution in [-0.2, 0) is 27.9 Å². The van der Waals surface area contributed by atoms with Crippen LogP contribution in [0.25, 0.3) is 0 Å². The van der Waals surface area contributed by atoms with Gasteiger partial charge in [-0.1, -0.05) is 212 Å². The molecule has 0 bridgehead atoms. The fraction of sp³-hybridized carbons (Fsp3) is 0.629. The second-order valence-corrected chi connectivity index (χ2v) is 20.6. The van der Waals surface area contributed by atoms with Crippen LogP contribution in [0.2, 0.25) is 0 Å². The molecule has 0 N–H and O–H groups in total. The molecule has 0 aliphatic heterocycles. The first-order valence-corrected chi connectivity index (χ1v) is 29.4. The summed E-state index contributed by atoms with van der Waals surface area (Å²) in [6.07, 6.45) is 77.7. The van der Waals surface area contributed by atoms with Gasteiger partial charge in [0, 0.05) is 13.0 Å². The Kier molecular flexibility index (Phi) is 50.4. The van der Waals surface area contributed by atoms with Gasteiger partial charge in [0.25, 0.3) is 7.82 Å². The molecule has 0 spiro atoms. The van der Waals surface area contributed by atoms with E-state index in [1.165, 1.54) is 51.4 Å². The highest BCUT2D eigenvalue weighted by molar-refractivity contribution is 7.45. The molecule has 2 unspecified atom stereocenters. The largest absolute Gasteiger partial charge is 0.756 e. The van der Waals surface area contributed by atoms with Crippen LogP contribution in [0.5, 0.6) is 0 Å². The minimum atomic E-state index is -4.55. The highest BCUT2D eigenvalue weighted by Crippen LogP contribution is 2.38. The number of carbonyl (C=O) groups excluding carboxylic acids is 1. The molecule has 0 radical (unpaired) electrons. The topological polar surface area (TPSA) is 94.1 Å². The van der Waals surface area contributed by atoms with Crippen LogP contribution < -0.4 is 4.89 Å². The average molecular weight is 1010 g/mol. The third-order valence-electron chi connectivity index (χ3n) is 11.2. The van der Waals surface area contributed by atoms with Crippen LogP contribution in [0.15, 0.2) is 134 Å². The first-order valence-electron chi connectivity index (χ1n) is 27.9. The van der Waals surface area contributed by atoms with Gasteiger partial charge in [0.1, 0.15) is 19.3 Å². The van der Waals surface area contributed by atoms with E-state index in [1.54, 1.807) is 0 Å². The van der Waals surface area contributed by atoms with E-state index in [9.17, 15) is 14.3 Å². The number of quaternary nitrogens is 1. The predicted octanol–water partition coefficient (Wildman–Crippen LogP) is 17.2. The van der Waals surface area contributed by atoms with Crippen LogP contribution in [0.4, 0.5) is 0 Å². The fourth-order valence-corrected chi connectivity index (χ4v) is 7.72. The van der Waals surface area contributed by atoms with Gasteiger partial charge in [-0.05, 0) is 109 Å². The summed E-state index contributed by atoms with van der Waals surface area (Å²) in [6, 6.07) is 0. The average Bonchev–Trinajstić information content (AvgIpc) is 3.33. The Labute approximate surface area is 436 Å². The molecule has 0 heterocycles. The smallest absolute Gasteiger partial charge is 0.306 e. The molecule has 0 rings (SSSR count). The molecular formula is C62H104NO7P. The quantitative estimate of drug-likeness (QED) is 0.0197. The number of rotatable bonds is 50. The summed E-state index contributed by atoms with van der Waals surface area (Å²) in [5, 5.41) is 0. The Bertz CT molecular complexity index is 1590. The standard InChI is InChI=1S/C62H104NO7P/c1-6-8-10-12-14-16-18-20-22-24-26-28-30-31-32-34-36-38-40-42-44-46-48-50-52-54-57-67-59-61(60-69-71(65,66)68-58-56-63(3,4)5)70-62(64)55-53-51-49-47-45-43-41-39-37-35-33-29-27-25-23-21-19-17-15-13-11-9-7-2/h8-11,14-17,20-23,26-29,31-32,36,38,42,44,61H,6-7,12-13,18-19,24-25,30,33-35,37,39-41,43,45-60H2,1-5H3/b10-8-,11-9-,16-14-,17-15-,22-20-,23-21-,28-26-,29-27-,32-31-,38-36-,44-42-. The van der Waals surface area contributed by atoms with Gasteiger partial charge in [0.05, 0.1) is 34.4 Å². The van der Waals surface area contributed by atoms with Gasteiger partial charge in [0.2, 0.25) is 0 Å². The Morgan fingerprint density at radius 2 is 0.775 bits per heavy atom. The Morgan fingerprint density at radius 1 is 0.437 bits per heavy atom. The highest BCUT2D eigenvalue weighted by Gasteiger charge is 2.20. The summed E-state index contributed by atoms with van der Waals surface area (Å²) in [6.45, 7) is 5.09. The number of unbranched alkanes of at least 4 members (excludes halogenated alkanes) is 14. The van der Waals surface area contributed by atoms with Crippen LogP contribution in [0.3, 0.4) is 0 Å². The van der Waals surface area contributed by atoms with E-state index in [0.717, 1.165) is 122 Å². The fourth-order valence-electron chi connectivity index (χ4n) is 6.99. The number of carbonyl (C=O) groups is 1. The molecule has 0 aromatic rings. The molecule has 0 aromatic carbocycles. The molecule has 8 nitrogen and oxygen atoms in total. The first kappa shape index (κ1) is 67.6. The maximum atomic E-state index is 12.8. The molecule has 0 amide bonds. The van der Waals surface area contributed by atoms with Crippen molar-refractivity contribution in [1.29, 1.82) is 0 Å². The number of ether oxygens (including phenoxy) is 2. The second kappa shape index (κ2) is 52.9. The van der Waals surface area contributed by atoms with Gasteiger partial charge in [0.15, 0.2) is 0 Å². The van der Waals surface area contributed by atoms with Crippen LogP contribution in [0.1, 0.15) is 194 Å². The zero-order valence-electron chi connectivity index (χ0n) is 45.9. The summed E-state index contributed by atoms with van der Waals surface area (Å²) in [5.74, 6) is -0.354. The lowest BCUT2D eigenvalue weighted by atomic mass is 10.0. The van der Waals surface area contributed by atoms with Crippen molar-refractivity contribution in [2.45, 2.75) is 200 Å². The summed E-state index contributed by atoms with van der Waals surface area (Å²) in [7, 11) is 1.31. The van der Waals surface area contributed by atoms with E-state index in [0.29, 0.717) is 24.1 Å². The van der Waals surface area contributed by atoms with Gasteiger partial charge in [-0.2, -0.15) is 0 Å². The first-order chi connectivity index (χ1) is 34.6. The Balaban J connectivity index is 4.21. The number of nitrogens with zero attached hydrogens (tertiary/aromatic N) is 1. The minimum Gasteiger partial charge on any atom is -0.756 e. The molecule has 2 atom stereocenters. The summed E-state index contributed by atoms with van der Waals surface area (Å²) in [4.78, 5) is 25.3. The van der Waals surface area contributed by atoms with E-state index in [1.807, 2.05) is 21.1 Å². The second-order valence-electron chi connectivity index (χ2n) is 19.2. The zero-order valence-corrected chi connectivity index (χ0v) is 46.8. The van der Waals surface area contributed by atoms with E-state index < -0.39 is 13.9 Å². The van der Waals surface area contributed by atoms with Crippen LogP contribution in [-0.4, -0.2) is 70.7 Å². The molecule has 71 heavy (non-hydrogen) atoms. The number of allylic oxidation sites excluding steroid dienone is 22. The molecule has 0 saturated heterocycles. The SMILES string of the molecule is CC/C=C\C/C=C\C/C=C\C/C=C\C/C=C\C/C=C\C/C=C\CCCCCCOCC(COP(=O)([O-])OCC[N+](C)(C)C)OC(=O)CCCCCCCCCCCC/C=C\C/C=C\C/C=C\C/C=C\CC. The number of likely N-dealkylation sites (N-methyl/N-ethyl adjacent to an activating group) is 1. The molecule has 0 aliphatic rings. The lowest BCUT2D eigenvalue weighted by molar-refractivity contribution is -0.870. The summed E-state index contributed by atoms with van der Waals surface area (Å²) >= 11 is 0. The molecule has 0 saturated carbocycles. The lowest BCUT2D eigenvalue weighted by Crippen LogP contribution is -2.37. The van der Waals surface area contributed by atoms with Crippen molar-refractivity contribution < 1.29 is 37.3 Å². The maximum absolute atomic E-state index is 12.8. The van der Waals surface area contributed by atoms with E-state index >= 15 is 0 Å². The van der Waals surface area contributed by atoms with Crippen molar-refractivity contribution >= 4 is 13.8 Å². The lowest BCUT2D eigenvalue weighted by Gasteiger charge is -2.28. The van der Waals surface area contributed by atoms with E-state index in [-0.39, 0.29) is 25.8 Å².